The molecule has 1 aliphatic rings. The molecule has 0 unspecified atom stereocenters. The molecule has 0 saturated carbocycles. The van der Waals surface area contributed by atoms with E-state index in [4.69, 9.17) is 19.4 Å². The van der Waals surface area contributed by atoms with Crippen molar-refractivity contribution >= 4 is 28.6 Å². The zero-order chi connectivity index (χ0) is 20.4. The van der Waals surface area contributed by atoms with E-state index < -0.39 is 0 Å². The normalized spacial score (nSPS) is 12.9. The summed E-state index contributed by atoms with van der Waals surface area (Å²) in [6.07, 6.45) is 0. The molecule has 1 aromatic heterocycles. The Kier molecular flexibility index (Phi) is 5.32. The first-order valence-electron chi connectivity index (χ1n) is 9.45. The van der Waals surface area contributed by atoms with Crippen molar-refractivity contribution in [1.82, 2.24) is 15.3 Å². The topological polar surface area (TPSA) is 73.3 Å². The Balaban J connectivity index is 1.43. The molecular weight excluding hydrogens is 386 g/mol. The van der Waals surface area contributed by atoms with Crippen LogP contribution in [-0.4, -0.2) is 28.4 Å². The van der Waals surface area contributed by atoms with Crippen LogP contribution in [0.5, 0.6) is 11.5 Å². The van der Waals surface area contributed by atoms with Crippen molar-refractivity contribution in [2.24, 2.45) is 0 Å². The van der Waals surface area contributed by atoms with Gasteiger partial charge in [0, 0.05) is 17.3 Å². The lowest BCUT2D eigenvalue weighted by Gasteiger charge is -2.18. The van der Waals surface area contributed by atoms with E-state index in [1.54, 1.807) is 0 Å². The van der Waals surface area contributed by atoms with Gasteiger partial charge in [-0.25, -0.2) is 9.97 Å². The summed E-state index contributed by atoms with van der Waals surface area (Å²) in [5.41, 5.74) is 1.70. The lowest BCUT2D eigenvalue weighted by atomic mass is 9.95. The summed E-state index contributed by atoms with van der Waals surface area (Å²) in [6.45, 7) is 6.94. The number of rotatable bonds is 5. The number of hydrogen-bond acceptors (Lipinski definition) is 6. The third-order valence-electron chi connectivity index (χ3n) is 4.51. The van der Waals surface area contributed by atoms with Crippen LogP contribution in [-0.2, 0) is 16.8 Å². The van der Waals surface area contributed by atoms with Gasteiger partial charge in [0.05, 0.1) is 11.3 Å². The first-order chi connectivity index (χ1) is 13.9. The number of fused-ring (bicyclic) bond motifs is 2. The molecule has 150 valence electrons. The SMILES string of the molecule is CC(C)(C)c1nc(SCC(=O)NCc2ccc3c(c2)OCO3)c2ccccc2n1. The van der Waals surface area contributed by atoms with Crippen molar-refractivity contribution in [3.05, 3.63) is 53.9 Å². The van der Waals surface area contributed by atoms with E-state index >= 15 is 0 Å². The van der Waals surface area contributed by atoms with Crippen LogP contribution in [0.25, 0.3) is 10.9 Å². The van der Waals surface area contributed by atoms with E-state index in [2.05, 4.69) is 26.1 Å². The second-order valence-corrected chi connectivity index (χ2v) is 8.84. The first kappa shape index (κ1) is 19.5. The van der Waals surface area contributed by atoms with Gasteiger partial charge in [-0.15, -0.1) is 0 Å². The van der Waals surface area contributed by atoms with Gasteiger partial charge in [0.15, 0.2) is 11.5 Å². The van der Waals surface area contributed by atoms with Crippen LogP contribution in [0, 0.1) is 0 Å². The highest BCUT2D eigenvalue weighted by molar-refractivity contribution is 8.00. The maximum atomic E-state index is 12.4. The number of para-hydroxylation sites is 1. The van der Waals surface area contributed by atoms with E-state index in [0.29, 0.717) is 12.3 Å². The Hall–Kier alpha value is -2.80. The molecule has 3 aromatic rings. The lowest BCUT2D eigenvalue weighted by molar-refractivity contribution is -0.118. The fourth-order valence-corrected chi connectivity index (χ4v) is 3.78. The molecule has 0 radical (unpaired) electrons. The zero-order valence-electron chi connectivity index (χ0n) is 16.7. The molecule has 6 nitrogen and oxygen atoms in total. The minimum absolute atomic E-state index is 0.0485. The molecule has 4 rings (SSSR count). The second kappa shape index (κ2) is 7.91. The summed E-state index contributed by atoms with van der Waals surface area (Å²) in [6, 6.07) is 13.6. The Bertz CT molecular complexity index is 1060. The molecule has 29 heavy (non-hydrogen) atoms. The van der Waals surface area contributed by atoms with Crippen molar-refractivity contribution < 1.29 is 14.3 Å². The third kappa shape index (κ3) is 4.45. The average molecular weight is 410 g/mol. The second-order valence-electron chi connectivity index (χ2n) is 7.87. The molecule has 0 bridgehead atoms. The van der Waals surface area contributed by atoms with Crippen LogP contribution in [0.1, 0.15) is 32.2 Å². The monoisotopic (exact) mass is 409 g/mol. The van der Waals surface area contributed by atoms with Gasteiger partial charge in [0.1, 0.15) is 10.9 Å². The zero-order valence-corrected chi connectivity index (χ0v) is 17.5. The van der Waals surface area contributed by atoms with Crippen LogP contribution in [0.15, 0.2) is 47.5 Å². The number of benzene rings is 2. The summed E-state index contributed by atoms with van der Waals surface area (Å²) >= 11 is 1.44. The van der Waals surface area contributed by atoms with E-state index in [0.717, 1.165) is 33.1 Å². The molecule has 0 atom stereocenters. The summed E-state index contributed by atoms with van der Waals surface area (Å²) in [5, 5.41) is 4.75. The molecule has 0 spiro atoms. The largest absolute Gasteiger partial charge is 0.454 e. The maximum Gasteiger partial charge on any atom is 0.231 e. The number of carbonyl (C=O) groups excluding carboxylic acids is 1. The van der Waals surface area contributed by atoms with E-state index in [1.165, 1.54) is 11.8 Å². The molecule has 1 aliphatic heterocycles. The van der Waals surface area contributed by atoms with E-state index in [9.17, 15) is 4.79 Å². The average Bonchev–Trinajstić information content (AvgIpc) is 3.17. The molecule has 7 heteroatoms. The lowest BCUT2D eigenvalue weighted by Crippen LogP contribution is -2.24. The van der Waals surface area contributed by atoms with Crippen LogP contribution in [0.4, 0.5) is 0 Å². The van der Waals surface area contributed by atoms with Gasteiger partial charge in [-0.05, 0) is 23.8 Å². The van der Waals surface area contributed by atoms with Crippen molar-refractivity contribution in [3.63, 3.8) is 0 Å². The Morgan fingerprint density at radius 3 is 2.72 bits per heavy atom. The van der Waals surface area contributed by atoms with Crippen molar-refractivity contribution in [1.29, 1.82) is 0 Å². The Morgan fingerprint density at radius 1 is 1.10 bits per heavy atom. The first-order valence-corrected chi connectivity index (χ1v) is 10.4. The third-order valence-corrected chi connectivity index (χ3v) is 5.50. The van der Waals surface area contributed by atoms with E-state index in [-0.39, 0.29) is 23.9 Å². The van der Waals surface area contributed by atoms with Gasteiger partial charge in [0.2, 0.25) is 12.7 Å². The summed E-state index contributed by atoms with van der Waals surface area (Å²) in [5.74, 6) is 2.47. The summed E-state index contributed by atoms with van der Waals surface area (Å²) in [4.78, 5) is 21.8. The van der Waals surface area contributed by atoms with Crippen molar-refractivity contribution in [3.8, 4) is 11.5 Å². The standard InChI is InChI=1S/C22H23N3O3S/c1-22(2,3)21-24-16-7-5-4-6-15(16)20(25-21)29-12-19(26)23-11-14-8-9-17-18(10-14)28-13-27-17/h4-10H,11-13H2,1-3H3,(H,23,26). The predicted molar refractivity (Wildman–Crippen MR) is 113 cm³/mol. The number of thioether (sulfide) groups is 1. The van der Waals surface area contributed by atoms with Gasteiger partial charge in [-0.2, -0.15) is 0 Å². The van der Waals surface area contributed by atoms with Gasteiger partial charge in [0.25, 0.3) is 0 Å². The van der Waals surface area contributed by atoms with Crippen LogP contribution < -0.4 is 14.8 Å². The highest BCUT2D eigenvalue weighted by Crippen LogP contribution is 2.32. The number of carbonyl (C=O) groups is 1. The molecule has 1 N–H and O–H groups in total. The van der Waals surface area contributed by atoms with Gasteiger partial charge >= 0.3 is 0 Å². The van der Waals surface area contributed by atoms with E-state index in [1.807, 2.05) is 42.5 Å². The quantitative estimate of drug-likeness (QED) is 0.506. The van der Waals surface area contributed by atoms with Gasteiger partial charge in [-0.1, -0.05) is 56.8 Å². The minimum atomic E-state index is -0.166. The smallest absolute Gasteiger partial charge is 0.231 e. The summed E-state index contributed by atoms with van der Waals surface area (Å²) < 4.78 is 10.7. The van der Waals surface area contributed by atoms with Gasteiger partial charge in [-0.3, -0.25) is 4.79 Å². The molecule has 0 saturated heterocycles. The van der Waals surface area contributed by atoms with Crippen molar-refractivity contribution in [2.45, 2.75) is 37.8 Å². The minimum Gasteiger partial charge on any atom is -0.454 e. The van der Waals surface area contributed by atoms with Crippen LogP contribution in [0.3, 0.4) is 0 Å². The Labute approximate surface area is 174 Å². The number of nitrogens with one attached hydrogen (secondary N) is 1. The van der Waals surface area contributed by atoms with Gasteiger partial charge < -0.3 is 14.8 Å². The van der Waals surface area contributed by atoms with Crippen LogP contribution >= 0.6 is 11.8 Å². The number of hydrogen-bond donors (Lipinski definition) is 1. The molecule has 2 heterocycles. The number of nitrogens with zero attached hydrogens (tertiary/aromatic N) is 2. The fourth-order valence-electron chi connectivity index (χ4n) is 2.93. The number of amides is 1. The molecule has 0 aliphatic carbocycles. The van der Waals surface area contributed by atoms with Crippen LogP contribution in [0.2, 0.25) is 0 Å². The number of ether oxygens (including phenoxy) is 2. The molecular formula is C22H23N3O3S. The highest BCUT2D eigenvalue weighted by Gasteiger charge is 2.20. The maximum absolute atomic E-state index is 12.4. The van der Waals surface area contributed by atoms with Crippen molar-refractivity contribution in [2.75, 3.05) is 12.5 Å². The Morgan fingerprint density at radius 2 is 1.90 bits per heavy atom. The molecule has 1 amide bonds. The number of aromatic nitrogens is 2. The molecule has 2 aromatic carbocycles. The fraction of sp³-hybridized carbons (Fsp3) is 0.318. The predicted octanol–water partition coefficient (Wildman–Crippen LogP) is 4.06. The molecule has 0 fully saturated rings. The highest BCUT2D eigenvalue weighted by atomic mass is 32.2. The summed E-state index contributed by atoms with van der Waals surface area (Å²) in [7, 11) is 0.